The van der Waals surface area contributed by atoms with Crippen molar-refractivity contribution in [2.45, 2.75) is 45.2 Å². The number of rotatable bonds is 4. The van der Waals surface area contributed by atoms with E-state index in [9.17, 15) is 4.79 Å². The monoisotopic (exact) mass is 282 g/mol. The number of nitrogens with one attached hydrogen (secondary N) is 1. The zero-order valence-electron chi connectivity index (χ0n) is 11.6. The molecule has 0 bridgehead atoms. The number of hydrogen-bond donors (Lipinski definition) is 2. The van der Waals surface area contributed by atoms with Crippen LogP contribution in [0.3, 0.4) is 0 Å². The van der Waals surface area contributed by atoms with Gasteiger partial charge in [-0.2, -0.15) is 0 Å². The first-order valence-corrected chi connectivity index (χ1v) is 7.66. The number of nitrogens with two attached hydrogens (primary N) is 1. The molecule has 0 aromatic carbocycles. The first kappa shape index (κ1) is 14.4. The third-order valence-corrected chi connectivity index (χ3v) is 4.53. The Kier molecular flexibility index (Phi) is 4.90. The van der Waals surface area contributed by atoms with Crippen LogP contribution in [0.25, 0.3) is 0 Å². The Labute approximate surface area is 118 Å². The smallest absolute Gasteiger partial charge is 0.240 e. The van der Waals surface area contributed by atoms with Gasteiger partial charge in [0.05, 0.1) is 12.2 Å². The van der Waals surface area contributed by atoms with E-state index in [0.29, 0.717) is 30.3 Å². The van der Waals surface area contributed by atoms with Gasteiger partial charge in [0.2, 0.25) is 5.91 Å². The summed E-state index contributed by atoms with van der Waals surface area (Å²) < 4.78 is 0. The average molecular weight is 282 g/mol. The number of aryl methyl sites for hydroxylation is 1. The second-order valence-electron chi connectivity index (χ2n) is 5.18. The fourth-order valence-electron chi connectivity index (χ4n) is 2.61. The van der Waals surface area contributed by atoms with Gasteiger partial charge in [-0.3, -0.25) is 9.69 Å². The Hall–Kier alpha value is -0.980. The molecule has 1 aliphatic heterocycles. The normalized spacial score (nSPS) is 24.4. The van der Waals surface area contributed by atoms with E-state index in [1.165, 1.54) is 17.8 Å². The van der Waals surface area contributed by atoms with E-state index in [4.69, 9.17) is 5.73 Å². The quantitative estimate of drug-likeness (QED) is 0.880. The molecule has 2 unspecified atom stereocenters. The van der Waals surface area contributed by atoms with E-state index >= 15 is 0 Å². The van der Waals surface area contributed by atoms with Crippen molar-refractivity contribution in [3.05, 3.63) is 11.1 Å². The summed E-state index contributed by atoms with van der Waals surface area (Å²) in [4.78, 5) is 18.5. The van der Waals surface area contributed by atoms with Crippen molar-refractivity contribution in [1.29, 1.82) is 0 Å². The largest absolute Gasteiger partial charge is 0.329 e. The van der Waals surface area contributed by atoms with Gasteiger partial charge in [-0.05, 0) is 26.7 Å². The average Bonchev–Trinajstić information content (AvgIpc) is 2.77. The minimum Gasteiger partial charge on any atom is -0.329 e. The molecule has 2 heterocycles. The fraction of sp³-hybridized carbons (Fsp3) is 0.692. The maximum atomic E-state index is 12.1. The number of nitrogens with zero attached hydrogens (tertiary/aromatic N) is 2. The van der Waals surface area contributed by atoms with Crippen molar-refractivity contribution in [2.24, 2.45) is 5.73 Å². The molecule has 0 saturated carbocycles. The lowest BCUT2D eigenvalue weighted by molar-refractivity contribution is -0.118. The molecule has 2 atom stereocenters. The van der Waals surface area contributed by atoms with Gasteiger partial charge in [-0.1, -0.05) is 6.42 Å². The van der Waals surface area contributed by atoms with Crippen LogP contribution in [-0.4, -0.2) is 41.0 Å². The Morgan fingerprint density at radius 1 is 1.63 bits per heavy atom. The predicted octanol–water partition coefficient (Wildman–Crippen LogP) is 1.59. The first-order chi connectivity index (χ1) is 9.10. The summed E-state index contributed by atoms with van der Waals surface area (Å²) in [6.45, 7) is 5.11. The van der Waals surface area contributed by atoms with Crippen molar-refractivity contribution in [3.8, 4) is 0 Å². The van der Waals surface area contributed by atoms with Gasteiger partial charge in [0, 0.05) is 24.0 Å². The number of hydrogen-bond acceptors (Lipinski definition) is 5. The summed E-state index contributed by atoms with van der Waals surface area (Å²) in [7, 11) is 0. The number of carbonyl (C=O) groups is 1. The topological polar surface area (TPSA) is 71.2 Å². The number of carbonyl (C=O) groups excluding carboxylic acids is 1. The molecule has 1 amide bonds. The Morgan fingerprint density at radius 3 is 3.05 bits per heavy atom. The highest BCUT2D eigenvalue weighted by atomic mass is 32.1. The molecular formula is C13H22N4OS. The van der Waals surface area contributed by atoms with E-state index < -0.39 is 0 Å². The van der Waals surface area contributed by atoms with Crippen molar-refractivity contribution in [1.82, 2.24) is 9.88 Å². The summed E-state index contributed by atoms with van der Waals surface area (Å²) in [5.74, 6) is 0.00144. The molecule has 0 aliphatic carbocycles. The van der Waals surface area contributed by atoms with Crippen LogP contribution in [0.2, 0.25) is 0 Å². The Balaban J connectivity index is 1.92. The molecule has 0 radical (unpaired) electrons. The Bertz CT molecular complexity index is 434. The second-order valence-corrected chi connectivity index (χ2v) is 6.04. The van der Waals surface area contributed by atoms with E-state index in [1.54, 1.807) is 0 Å². The minimum absolute atomic E-state index is 0.00144. The van der Waals surface area contributed by atoms with E-state index in [1.807, 2.05) is 12.3 Å². The Morgan fingerprint density at radius 2 is 2.42 bits per heavy atom. The maximum absolute atomic E-state index is 12.1. The molecule has 2 rings (SSSR count). The molecule has 3 N–H and O–H groups in total. The van der Waals surface area contributed by atoms with Crippen LogP contribution in [0.15, 0.2) is 5.38 Å². The summed E-state index contributed by atoms with van der Waals surface area (Å²) in [6, 6.07) is 0.749. The summed E-state index contributed by atoms with van der Waals surface area (Å²) >= 11 is 1.46. The summed E-state index contributed by atoms with van der Waals surface area (Å²) in [5.41, 5.74) is 6.74. The van der Waals surface area contributed by atoms with Gasteiger partial charge in [0.1, 0.15) is 0 Å². The number of amides is 1. The van der Waals surface area contributed by atoms with Gasteiger partial charge in [-0.15, -0.1) is 11.3 Å². The van der Waals surface area contributed by atoms with Crippen LogP contribution in [0.1, 0.15) is 31.9 Å². The highest BCUT2D eigenvalue weighted by Crippen LogP contribution is 2.22. The minimum atomic E-state index is 0.00144. The summed E-state index contributed by atoms with van der Waals surface area (Å²) in [5, 5.41) is 5.47. The van der Waals surface area contributed by atoms with Crippen molar-refractivity contribution in [2.75, 3.05) is 18.4 Å². The molecule has 106 valence electrons. The molecule has 6 heteroatoms. The molecular weight excluding hydrogens is 260 g/mol. The lowest BCUT2D eigenvalue weighted by Gasteiger charge is -2.39. The number of thiazole rings is 1. The first-order valence-electron chi connectivity index (χ1n) is 6.78. The van der Waals surface area contributed by atoms with Gasteiger partial charge in [0.15, 0.2) is 5.13 Å². The van der Waals surface area contributed by atoms with Crippen LogP contribution in [-0.2, 0) is 4.79 Å². The third-order valence-electron chi connectivity index (χ3n) is 3.66. The standard InChI is InChI=1S/C13H22N4OS/c1-9-8-19-13(15-9)16-12(18)7-17-10(2)4-3-5-11(17)6-14/h8,10-11H,3-7,14H2,1-2H3,(H,15,16,18). The molecule has 1 aromatic heterocycles. The number of piperidine rings is 1. The molecule has 19 heavy (non-hydrogen) atoms. The highest BCUT2D eigenvalue weighted by Gasteiger charge is 2.28. The van der Waals surface area contributed by atoms with Gasteiger partial charge in [0.25, 0.3) is 0 Å². The molecule has 0 spiro atoms. The summed E-state index contributed by atoms with van der Waals surface area (Å²) in [6.07, 6.45) is 3.43. The number of aromatic nitrogens is 1. The van der Waals surface area contributed by atoms with Gasteiger partial charge >= 0.3 is 0 Å². The van der Waals surface area contributed by atoms with Crippen LogP contribution in [0.4, 0.5) is 5.13 Å². The van der Waals surface area contributed by atoms with Gasteiger partial charge < -0.3 is 11.1 Å². The van der Waals surface area contributed by atoms with Crippen molar-refractivity contribution in [3.63, 3.8) is 0 Å². The zero-order chi connectivity index (χ0) is 13.8. The fourth-order valence-corrected chi connectivity index (χ4v) is 3.32. The van der Waals surface area contributed by atoms with Crippen molar-refractivity contribution < 1.29 is 4.79 Å². The third kappa shape index (κ3) is 3.75. The second kappa shape index (κ2) is 6.45. The van der Waals surface area contributed by atoms with Crippen LogP contribution in [0.5, 0.6) is 0 Å². The number of likely N-dealkylation sites (tertiary alicyclic amines) is 1. The molecule has 1 fully saturated rings. The number of anilines is 1. The lowest BCUT2D eigenvalue weighted by Crippen LogP contribution is -2.51. The molecule has 5 nitrogen and oxygen atoms in total. The maximum Gasteiger partial charge on any atom is 0.240 e. The van der Waals surface area contributed by atoms with E-state index in [2.05, 4.69) is 22.1 Å². The highest BCUT2D eigenvalue weighted by molar-refractivity contribution is 7.13. The van der Waals surface area contributed by atoms with Crippen LogP contribution < -0.4 is 11.1 Å². The lowest BCUT2D eigenvalue weighted by atomic mass is 9.96. The van der Waals surface area contributed by atoms with E-state index in [-0.39, 0.29) is 5.91 Å². The zero-order valence-corrected chi connectivity index (χ0v) is 12.4. The molecule has 1 aromatic rings. The molecule has 1 saturated heterocycles. The van der Waals surface area contributed by atoms with E-state index in [0.717, 1.165) is 18.5 Å². The van der Waals surface area contributed by atoms with Crippen LogP contribution >= 0.6 is 11.3 Å². The van der Waals surface area contributed by atoms with Gasteiger partial charge in [-0.25, -0.2) is 4.98 Å². The SMILES string of the molecule is Cc1csc(NC(=O)CN2C(C)CCCC2CN)n1. The molecule has 1 aliphatic rings. The van der Waals surface area contributed by atoms with Crippen LogP contribution in [0, 0.1) is 6.92 Å². The predicted molar refractivity (Wildman–Crippen MR) is 78.3 cm³/mol. The van der Waals surface area contributed by atoms with Crippen molar-refractivity contribution >= 4 is 22.4 Å².